The number of amides is 1. The van der Waals surface area contributed by atoms with E-state index in [0.29, 0.717) is 11.6 Å². The highest BCUT2D eigenvalue weighted by molar-refractivity contribution is 5.92. The van der Waals surface area contributed by atoms with E-state index in [2.05, 4.69) is 6.92 Å². The van der Waals surface area contributed by atoms with E-state index in [1.807, 2.05) is 4.90 Å². The summed E-state index contributed by atoms with van der Waals surface area (Å²) in [5.41, 5.74) is 0.716. The average molecular weight is 247 g/mol. The molecule has 1 fully saturated rings. The monoisotopic (exact) mass is 247 g/mol. The summed E-state index contributed by atoms with van der Waals surface area (Å²) in [5, 5.41) is 0. The minimum atomic E-state index is -0.282. The molecule has 1 aromatic rings. The predicted octanol–water partition coefficient (Wildman–Crippen LogP) is 3.24. The van der Waals surface area contributed by atoms with E-state index in [4.69, 9.17) is 0 Å². The first-order valence-electron chi connectivity index (χ1n) is 6.41. The Bertz CT molecular complexity index is 456. The highest BCUT2D eigenvalue weighted by Gasteiger charge is 2.20. The van der Waals surface area contributed by atoms with Crippen molar-refractivity contribution in [1.82, 2.24) is 4.90 Å². The number of benzene rings is 1. The molecule has 1 amide bonds. The third-order valence-electron chi connectivity index (χ3n) is 3.35. The van der Waals surface area contributed by atoms with Crippen molar-refractivity contribution in [3.05, 3.63) is 41.7 Å². The van der Waals surface area contributed by atoms with Crippen molar-refractivity contribution in [2.75, 3.05) is 6.54 Å². The number of carbonyl (C=O) groups excluding carboxylic acids is 1. The zero-order chi connectivity index (χ0) is 13.0. The number of carbonyl (C=O) groups is 1. The lowest BCUT2D eigenvalue weighted by atomic mass is 10.0. The Hall–Kier alpha value is -1.64. The molecule has 1 heterocycles. The average Bonchev–Trinajstić information content (AvgIpc) is 2.37. The SMILES string of the molecule is CC1CCCCN1C(=O)C=Cc1cccc(F)c1. The molecule has 1 saturated heterocycles. The van der Waals surface area contributed by atoms with Gasteiger partial charge in [-0.25, -0.2) is 4.39 Å². The molecule has 1 atom stereocenters. The van der Waals surface area contributed by atoms with Gasteiger partial charge >= 0.3 is 0 Å². The van der Waals surface area contributed by atoms with Gasteiger partial charge in [0.25, 0.3) is 0 Å². The first-order valence-corrected chi connectivity index (χ1v) is 6.41. The molecule has 96 valence electrons. The van der Waals surface area contributed by atoms with E-state index < -0.39 is 0 Å². The van der Waals surface area contributed by atoms with Crippen molar-refractivity contribution in [2.45, 2.75) is 32.2 Å². The molecular formula is C15H18FNO. The minimum absolute atomic E-state index is 0.0199. The fraction of sp³-hybridized carbons (Fsp3) is 0.400. The van der Waals surface area contributed by atoms with Crippen LogP contribution in [0.4, 0.5) is 4.39 Å². The molecule has 0 radical (unpaired) electrons. The predicted molar refractivity (Wildman–Crippen MR) is 70.5 cm³/mol. The molecule has 3 heteroatoms. The zero-order valence-corrected chi connectivity index (χ0v) is 10.6. The number of nitrogens with zero attached hydrogens (tertiary/aromatic N) is 1. The molecule has 0 spiro atoms. The van der Waals surface area contributed by atoms with Gasteiger partial charge < -0.3 is 4.90 Å². The first kappa shape index (κ1) is 12.8. The molecule has 0 saturated carbocycles. The molecule has 2 nitrogen and oxygen atoms in total. The number of piperidine rings is 1. The Morgan fingerprint density at radius 1 is 1.44 bits per heavy atom. The van der Waals surface area contributed by atoms with E-state index in [9.17, 15) is 9.18 Å². The molecule has 1 unspecified atom stereocenters. The third kappa shape index (κ3) is 3.19. The molecule has 1 aliphatic rings. The number of likely N-dealkylation sites (tertiary alicyclic amines) is 1. The second-order valence-electron chi connectivity index (χ2n) is 4.76. The highest BCUT2D eigenvalue weighted by Crippen LogP contribution is 2.17. The third-order valence-corrected chi connectivity index (χ3v) is 3.35. The first-order chi connectivity index (χ1) is 8.66. The summed E-state index contributed by atoms with van der Waals surface area (Å²) in [4.78, 5) is 13.9. The van der Waals surface area contributed by atoms with Gasteiger partial charge in [0.2, 0.25) is 5.91 Å². The summed E-state index contributed by atoms with van der Waals surface area (Å²) in [6, 6.07) is 6.55. The van der Waals surface area contributed by atoms with E-state index in [1.54, 1.807) is 18.2 Å². The quantitative estimate of drug-likeness (QED) is 0.735. The van der Waals surface area contributed by atoms with Crippen molar-refractivity contribution in [3.63, 3.8) is 0 Å². The summed E-state index contributed by atoms with van der Waals surface area (Å²) in [6.07, 6.45) is 6.55. The van der Waals surface area contributed by atoms with Gasteiger partial charge in [0.15, 0.2) is 0 Å². The van der Waals surface area contributed by atoms with E-state index in [0.717, 1.165) is 19.4 Å². The summed E-state index contributed by atoms with van der Waals surface area (Å²) in [5.74, 6) is -0.262. The molecule has 0 aromatic heterocycles. The Labute approximate surface area is 107 Å². The van der Waals surface area contributed by atoms with Gasteiger partial charge in [-0.05, 0) is 50.0 Å². The van der Waals surface area contributed by atoms with Crippen molar-refractivity contribution in [1.29, 1.82) is 0 Å². The number of halogens is 1. The Balaban J connectivity index is 2.02. The van der Waals surface area contributed by atoms with Crippen LogP contribution < -0.4 is 0 Å². The molecule has 0 bridgehead atoms. The number of rotatable bonds is 2. The molecule has 1 aliphatic heterocycles. The zero-order valence-electron chi connectivity index (χ0n) is 10.6. The molecule has 18 heavy (non-hydrogen) atoms. The summed E-state index contributed by atoms with van der Waals surface area (Å²) in [7, 11) is 0. The number of hydrogen-bond donors (Lipinski definition) is 0. The van der Waals surface area contributed by atoms with Crippen LogP contribution in [0, 0.1) is 5.82 Å². The molecule has 0 aliphatic carbocycles. The normalized spacial score (nSPS) is 20.3. The van der Waals surface area contributed by atoms with E-state index in [1.165, 1.54) is 24.6 Å². The lowest BCUT2D eigenvalue weighted by Crippen LogP contribution is -2.41. The van der Waals surface area contributed by atoms with Gasteiger partial charge in [-0.15, -0.1) is 0 Å². The van der Waals surface area contributed by atoms with Crippen LogP contribution in [-0.2, 0) is 4.79 Å². The fourth-order valence-corrected chi connectivity index (χ4v) is 2.30. The van der Waals surface area contributed by atoms with Gasteiger partial charge in [0, 0.05) is 18.7 Å². The fourth-order valence-electron chi connectivity index (χ4n) is 2.30. The summed E-state index contributed by atoms with van der Waals surface area (Å²) < 4.78 is 13.0. The second kappa shape index (κ2) is 5.80. The van der Waals surface area contributed by atoms with Crippen LogP contribution in [0.25, 0.3) is 6.08 Å². The van der Waals surface area contributed by atoms with Crippen LogP contribution in [0.2, 0.25) is 0 Å². The maximum atomic E-state index is 13.0. The second-order valence-corrected chi connectivity index (χ2v) is 4.76. The van der Waals surface area contributed by atoms with Gasteiger partial charge in [0.05, 0.1) is 0 Å². The van der Waals surface area contributed by atoms with E-state index >= 15 is 0 Å². The Morgan fingerprint density at radius 2 is 2.28 bits per heavy atom. The van der Waals surface area contributed by atoms with Crippen molar-refractivity contribution >= 4 is 12.0 Å². The van der Waals surface area contributed by atoms with Crippen molar-refractivity contribution in [3.8, 4) is 0 Å². The van der Waals surface area contributed by atoms with Crippen LogP contribution in [0.15, 0.2) is 30.3 Å². The maximum Gasteiger partial charge on any atom is 0.246 e. The molecule has 0 N–H and O–H groups in total. The summed E-state index contributed by atoms with van der Waals surface area (Å²) in [6.45, 7) is 2.90. The Morgan fingerprint density at radius 3 is 3.00 bits per heavy atom. The van der Waals surface area contributed by atoms with E-state index in [-0.39, 0.29) is 11.7 Å². The maximum absolute atomic E-state index is 13.0. The van der Waals surface area contributed by atoms with Crippen LogP contribution in [-0.4, -0.2) is 23.4 Å². The highest BCUT2D eigenvalue weighted by atomic mass is 19.1. The molecule has 1 aromatic carbocycles. The molecule has 2 rings (SSSR count). The lowest BCUT2D eigenvalue weighted by Gasteiger charge is -2.32. The number of hydrogen-bond acceptors (Lipinski definition) is 1. The van der Waals surface area contributed by atoms with Crippen LogP contribution in [0.5, 0.6) is 0 Å². The van der Waals surface area contributed by atoms with Gasteiger partial charge in [-0.3, -0.25) is 4.79 Å². The Kier molecular flexibility index (Phi) is 4.13. The topological polar surface area (TPSA) is 20.3 Å². The van der Waals surface area contributed by atoms with Crippen molar-refractivity contribution in [2.24, 2.45) is 0 Å². The van der Waals surface area contributed by atoms with Gasteiger partial charge in [-0.1, -0.05) is 12.1 Å². The minimum Gasteiger partial charge on any atom is -0.336 e. The van der Waals surface area contributed by atoms with Crippen LogP contribution in [0.3, 0.4) is 0 Å². The lowest BCUT2D eigenvalue weighted by molar-refractivity contribution is -0.129. The van der Waals surface area contributed by atoms with Crippen LogP contribution >= 0.6 is 0 Å². The largest absolute Gasteiger partial charge is 0.336 e. The molecular weight excluding hydrogens is 229 g/mol. The van der Waals surface area contributed by atoms with Crippen molar-refractivity contribution < 1.29 is 9.18 Å². The van der Waals surface area contributed by atoms with Gasteiger partial charge in [0.1, 0.15) is 5.82 Å². The smallest absolute Gasteiger partial charge is 0.246 e. The van der Waals surface area contributed by atoms with Crippen LogP contribution in [0.1, 0.15) is 31.7 Å². The van der Waals surface area contributed by atoms with Gasteiger partial charge in [-0.2, -0.15) is 0 Å². The summed E-state index contributed by atoms with van der Waals surface area (Å²) >= 11 is 0. The standard InChI is InChI=1S/C15H18FNO/c1-12-5-2-3-10-17(12)15(18)9-8-13-6-4-7-14(16)11-13/h4,6-9,11-12H,2-3,5,10H2,1H3.